The summed E-state index contributed by atoms with van der Waals surface area (Å²) in [6.45, 7) is 0.636. The number of hydrogen-bond donors (Lipinski definition) is 2. The van der Waals surface area contributed by atoms with Gasteiger partial charge in [0.1, 0.15) is 0 Å². The Hall–Kier alpha value is -1.35. The number of rotatable bonds is 5. The molecule has 0 bridgehead atoms. The zero-order chi connectivity index (χ0) is 13.9. The SMILES string of the molecule is NC[C@H]1CCC[C@H]1C(=O)NC(c1ccccc1)C1CC1. The van der Waals surface area contributed by atoms with Crippen molar-refractivity contribution in [2.24, 2.45) is 23.5 Å². The van der Waals surface area contributed by atoms with Gasteiger partial charge in [0.25, 0.3) is 0 Å². The van der Waals surface area contributed by atoms with E-state index in [1.165, 1.54) is 18.4 Å². The number of nitrogens with two attached hydrogens (primary N) is 1. The first-order chi connectivity index (χ1) is 9.79. The van der Waals surface area contributed by atoms with Crippen LogP contribution in [0, 0.1) is 17.8 Å². The fraction of sp³-hybridized carbons (Fsp3) is 0.588. The Labute approximate surface area is 120 Å². The van der Waals surface area contributed by atoms with Crippen LogP contribution >= 0.6 is 0 Å². The van der Waals surface area contributed by atoms with Crippen molar-refractivity contribution >= 4 is 5.91 Å². The normalized spacial score (nSPS) is 27.2. The van der Waals surface area contributed by atoms with Crippen LogP contribution < -0.4 is 11.1 Å². The van der Waals surface area contributed by atoms with E-state index in [1.54, 1.807) is 0 Å². The molecule has 2 fully saturated rings. The minimum Gasteiger partial charge on any atom is -0.349 e. The second-order valence-corrected chi connectivity index (χ2v) is 6.27. The lowest BCUT2D eigenvalue weighted by molar-refractivity contribution is -0.126. The van der Waals surface area contributed by atoms with E-state index < -0.39 is 0 Å². The van der Waals surface area contributed by atoms with Crippen molar-refractivity contribution in [3.05, 3.63) is 35.9 Å². The highest BCUT2D eigenvalue weighted by Crippen LogP contribution is 2.41. The minimum absolute atomic E-state index is 0.130. The largest absolute Gasteiger partial charge is 0.349 e. The summed E-state index contributed by atoms with van der Waals surface area (Å²) in [6.07, 6.45) is 5.70. The average molecular weight is 272 g/mol. The molecule has 3 nitrogen and oxygen atoms in total. The lowest BCUT2D eigenvalue weighted by Gasteiger charge is -2.23. The summed E-state index contributed by atoms with van der Waals surface area (Å²) < 4.78 is 0. The molecule has 0 saturated heterocycles. The van der Waals surface area contributed by atoms with E-state index >= 15 is 0 Å². The second-order valence-electron chi connectivity index (χ2n) is 6.27. The van der Waals surface area contributed by atoms with Gasteiger partial charge in [-0.1, -0.05) is 36.8 Å². The van der Waals surface area contributed by atoms with Crippen molar-refractivity contribution in [3.8, 4) is 0 Å². The summed E-state index contributed by atoms with van der Waals surface area (Å²) in [5, 5.41) is 3.31. The Morgan fingerprint density at radius 2 is 1.95 bits per heavy atom. The number of hydrogen-bond acceptors (Lipinski definition) is 2. The molecule has 0 aromatic heterocycles. The molecule has 0 heterocycles. The zero-order valence-electron chi connectivity index (χ0n) is 11.9. The van der Waals surface area contributed by atoms with E-state index in [4.69, 9.17) is 5.73 Å². The van der Waals surface area contributed by atoms with E-state index in [-0.39, 0.29) is 17.9 Å². The van der Waals surface area contributed by atoms with Gasteiger partial charge in [-0.15, -0.1) is 0 Å². The van der Waals surface area contributed by atoms with Gasteiger partial charge in [0.05, 0.1) is 6.04 Å². The van der Waals surface area contributed by atoms with Gasteiger partial charge < -0.3 is 11.1 Å². The fourth-order valence-electron chi connectivity index (χ4n) is 3.49. The van der Waals surface area contributed by atoms with Crippen LogP contribution in [-0.4, -0.2) is 12.5 Å². The topological polar surface area (TPSA) is 55.1 Å². The van der Waals surface area contributed by atoms with Crippen molar-refractivity contribution in [2.45, 2.75) is 38.1 Å². The van der Waals surface area contributed by atoms with Gasteiger partial charge >= 0.3 is 0 Å². The van der Waals surface area contributed by atoms with E-state index in [1.807, 2.05) is 6.07 Å². The monoisotopic (exact) mass is 272 g/mol. The van der Waals surface area contributed by atoms with Gasteiger partial charge in [0.2, 0.25) is 5.91 Å². The fourth-order valence-corrected chi connectivity index (χ4v) is 3.49. The molecule has 2 aliphatic rings. The zero-order valence-corrected chi connectivity index (χ0v) is 11.9. The highest BCUT2D eigenvalue weighted by molar-refractivity contribution is 5.79. The molecular formula is C17H24N2O. The third kappa shape index (κ3) is 2.88. The van der Waals surface area contributed by atoms with Crippen LogP contribution in [-0.2, 0) is 4.79 Å². The minimum atomic E-state index is 0.130. The molecule has 108 valence electrons. The molecule has 2 aliphatic carbocycles. The molecule has 2 saturated carbocycles. The van der Waals surface area contributed by atoms with Crippen molar-refractivity contribution in [2.75, 3.05) is 6.54 Å². The number of nitrogens with one attached hydrogen (secondary N) is 1. The van der Waals surface area contributed by atoms with Gasteiger partial charge in [-0.2, -0.15) is 0 Å². The first-order valence-corrected chi connectivity index (χ1v) is 7.85. The number of amides is 1. The molecule has 3 N–H and O–H groups in total. The Morgan fingerprint density at radius 3 is 2.60 bits per heavy atom. The van der Waals surface area contributed by atoms with Crippen molar-refractivity contribution in [3.63, 3.8) is 0 Å². The van der Waals surface area contributed by atoms with Gasteiger partial charge in [-0.05, 0) is 49.6 Å². The average Bonchev–Trinajstić information content (AvgIpc) is 3.21. The summed E-state index contributed by atoms with van der Waals surface area (Å²) in [6, 6.07) is 10.6. The van der Waals surface area contributed by atoms with Crippen LogP contribution in [0.15, 0.2) is 30.3 Å². The Kier molecular flexibility index (Phi) is 4.06. The molecular weight excluding hydrogens is 248 g/mol. The molecule has 3 rings (SSSR count). The third-order valence-corrected chi connectivity index (χ3v) is 4.85. The molecule has 0 spiro atoms. The highest BCUT2D eigenvalue weighted by atomic mass is 16.2. The second kappa shape index (κ2) is 5.96. The van der Waals surface area contributed by atoms with Gasteiger partial charge in [0.15, 0.2) is 0 Å². The third-order valence-electron chi connectivity index (χ3n) is 4.85. The molecule has 3 atom stereocenters. The molecule has 1 amide bonds. The Bertz CT molecular complexity index is 455. The summed E-state index contributed by atoms with van der Waals surface area (Å²) in [5.74, 6) is 1.35. The van der Waals surface area contributed by atoms with Crippen molar-refractivity contribution in [1.82, 2.24) is 5.32 Å². The van der Waals surface area contributed by atoms with Crippen LogP contribution in [0.25, 0.3) is 0 Å². The molecule has 1 unspecified atom stereocenters. The van der Waals surface area contributed by atoms with Crippen molar-refractivity contribution < 1.29 is 4.79 Å². The number of carbonyl (C=O) groups excluding carboxylic acids is 1. The summed E-state index contributed by atoms with van der Waals surface area (Å²) >= 11 is 0. The first-order valence-electron chi connectivity index (χ1n) is 7.85. The summed E-state index contributed by atoms with van der Waals surface area (Å²) in [4.78, 5) is 12.6. The van der Waals surface area contributed by atoms with Crippen LogP contribution in [0.5, 0.6) is 0 Å². The highest BCUT2D eigenvalue weighted by Gasteiger charge is 2.37. The van der Waals surface area contributed by atoms with E-state index in [9.17, 15) is 4.79 Å². The quantitative estimate of drug-likeness (QED) is 0.865. The molecule has 20 heavy (non-hydrogen) atoms. The summed E-state index contributed by atoms with van der Waals surface area (Å²) in [7, 11) is 0. The molecule has 0 radical (unpaired) electrons. The van der Waals surface area contributed by atoms with Gasteiger partial charge in [-0.25, -0.2) is 0 Å². The van der Waals surface area contributed by atoms with Crippen molar-refractivity contribution in [1.29, 1.82) is 0 Å². The number of benzene rings is 1. The predicted molar refractivity (Wildman–Crippen MR) is 79.9 cm³/mol. The van der Waals surface area contributed by atoms with Crippen LogP contribution in [0.1, 0.15) is 43.7 Å². The first kappa shape index (κ1) is 13.6. The lowest BCUT2D eigenvalue weighted by atomic mass is 9.94. The number of carbonyl (C=O) groups is 1. The van der Waals surface area contributed by atoms with Gasteiger partial charge in [0, 0.05) is 5.92 Å². The van der Waals surface area contributed by atoms with Crippen LogP contribution in [0.3, 0.4) is 0 Å². The smallest absolute Gasteiger partial charge is 0.223 e. The Balaban J connectivity index is 1.69. The van der Waals surface area contributed by atoms with E-state index in [2.05, 4.69) is 29.6 Å². The van der Waals surface area contributed by atoms with E-state index in [0.717, 1.165) is 19.3 Å². The lowest BCUT2D eigenvalue weighted by Crippen LogP contribution is -2.38. The molecule has 1 aromatic rings. The molecule has 1 aromatic carbocycles. The maximum atomic E-state index is 12.6. The summed E-state index contributed by atoms with van der Waals surface area (Å²) in [5.41, 5.74) is 7.04. The van der Waals surface area contributed by atoms with E-state index in [0.29, 0.717) is 18.4 Å². The van der Waals surface area contributed by atoms with Crippen LogP contribution in [0.2, 0.25) is 0 Å². The molecule has 3 heteroatoms. The molecule has 0 aliphatic heterocycles. The maximum Gasteiger partial charge on any atom is 0.223 e. The predicted octanol–water partition coefficient (Wildman–Crippen LogP) is 2.63. The Morgan fingerprint density at radius 1 is 1.20 bits per heavy atom. The maximum absolute atomic E-state index is 12.6. The van der Waals surface area contributed by atoms with Gasteiger partial charge in [-0.3, -0.25) is 4.79 Å². The van der Waals surface area contributed by atoms with Crippen LogP contribution in [0.4, 0.5) is 0 Å². The standard InChI is InChI=1S/C17H24N2O/c18-11-14-7-4-8-15(14)17(20)19-16(13-9-10-13)12-5-2-1-3-6-12/h1-3,5-6,13-16H,4,7-11,18H2,(H,19,20)/t14-,15-,16?/m1/s1.